The number of carbonyl (C=O) groups is 2. The third kappa shape index (κ3) is 4.77. The highest BCUT2D eigenvalue weighted by molar-refractivity contribution is 6.12. The van der Waals surface area contributed by atoms with Crippen molar-refractivity contribution < 1.29 is 28.2 Å². The molecule has 0 radical (unpaired) electrons. The van der Waals surface area contributed by atoms with Crippen molar-refractivity contribution in [1.29, 1.82) is 0 Å². The molecule has 2 amide bonds. The molecule has 47 heavy (non-hydrogen) atoms. The molecule has 14 heteroatoms. The Hall–Kier alpha value is -5.40. The van der Waals surface area contributed by atoms with Crippen molar-refractivity contribution in [2.45, 2.75) is 45.7 Å². The van der Waals surface area contributed by atoms with Crippen LogP contribution in [-0.4, -0.2) is 80.7 Å². The number of methoxy groups -OCH3 is 1. The molecule has 2 atom stereocenters. The van der Waals surface area contributed by atoms with Gasteiger partial charge in [0.2, 0.25) is 5.91 Å². The van der Waals surface area contributed by atoms with Crippen LogP contribution in [0.1, 0.15) is 38.1 Å². The predicted molar refractivity (Wildman–Crippen MR) is 171 cm³/mol. The number of ether oxygens (including phenoxy) is 1. The number of fused-ring (bicyclic) bond motifs is 5. The van der Waals surface area contributed by atoms with Gasteiger partial charge in [-0.15, -0.1) is 0 Å². The molecule has 0 saturated carbocycles. The van der Waals surface area contributed by atoms with E-state index in [0.29, 0.717) is 11.4 Å². The molecule has 2 aliphatic rings. The van der Waals surface area contributed by atoms with Gasteiger partial charge < -0.3 is 24.5 Å². The maximum atomic E-state index is 16.2. The van der Waals surface area contributed by atoms with E-state index in [4.69, 9.17) is 4.74 Å². The molecule has 0 bridgehead atoms. The van der Waals surface area contributed by atoms with Gasteiger partial charge in [-0.2, -0.15) is 9.97 Å². The molecule has 1 fully saturated rings. The normalized spacial score (nSPS) is 17.6. The smallest absolute Gasteiger partial charge is 0.316 e. The van der Waals surface area contributed by atoms with E-state index < -0.39 is 52.2 Å². The van der Waals surface area contributed by atoms with Crippen LogP contribution in [0, 0.1) is 18.6 Å². The first-order valence-corrected chi connectivity index (χ1v) is 15.0. The summed E-state index contributed by atoms with van der Waals surface area (Å²) >= 11 is 0. The molecule has 5 heterocycles. The second-order valence-electron chi connectivity index (χ2n) is 12.0. The van der Waals surface area contributed by atoms with Gasteiger partial charge in [0.05, 0.1) is 42.0 Å². The number of piperazine rings is 1. The molecule has 6 rings (SSSR count). The average molecular weight is 646 g/mol. The van der Waals surface area contributed by atoms with Crippen LogP contribution in [0.15, 0.2) is 41.7 Å². The maximum absolute atomic E-state index is 16.2. The first-order chi connectivity index (χ1) is 22.3. The van der Waals surface area contributed by atoms with Gasteiger partial charge in [-0.3, -0.25) is 19.0 Å². The third-order valence-corrected chi connectivity index (χ3v) is 8.73. The number of carbonyl (C=O) groups excluding carboxylic acids is 2. The molecule has 0 aliphatic carbocycles. The first-order valence-electron chi connectivity index (χ1n) is 15.0. The van der Waals surface area contributed by atoms with Gasteiger partial charge in [0.1, 0.15) is 29.0 Å². The van der Waals surface area contributed by atoms with Crippen molar-refractivity contribution in [1.82, 2.24) is 24.4 Å². The van der Waals surface area contributed by atoms with E-state index >= 15 is 8.78 Å². The number of amides is 2. The Kier molecular flexibility index (Phi) is 7.69. The van der Waals surface area contributed by atoms with Crippen LogP contribution in [0.5, 0.6) is 11.8 Å². The largest absolute Gasteiger partial charge is 0.507 e. The minimum Gasteiger partial charge on any atom is -0.507 e. The summed E-state index contributed by atoms with van der Waals surface area (Å²) in [5, 5.41) is 10.7. The van der Waals surface area contributed by atoms with Crippen LogP contribution in [0.4, 0.5) is 20.2 Å². The van der Waals surface area contributed by atoms with Gasteiger partial charge in [0, 0.05) is 25.0 Å². The topological polar surface area (TPSA) is 134 Å². The van der Waals surface area contributed by atoms with E-state index in [0.717, 1.165) is 12.1 Å². The zero-order valence-corrected chi connectivity index (χ0v) is 26.7. The highest BCUT2D eigenvalue weighted by Crippen LogP contribution is 2.43. The van der Waals surface area contributed by atoms with Crippen LogP contribution in [-0.2, 0) is 9.59 Å². The number of phenols is 1. The maximum Gasteiger partial charge on any atom is 0.316 e. The summed E-state index contributed by atoms with van der Waals surface area (Å²) in [6.07, 6.45) is 1.18. The number of anilines is 2. The van der Waals surface area contributed by atoms with Crippen molar-refractivity contribution >= 4 is 34.2 Å². The molecule has 2 aliphatic heterocycles. The summed E-state index contributed by atoms with van der Waals surface area (Å²) < 4.78 is 37.9. The van der Waals surface area contributed by atoms with Crippen molar-refractivity contribution in [2.75, 3.05) is 37.0 Å². The molecular formula is C33H33F2N7O5. The number of aromatic hydroxyl groups is 1. The number of phenolic OH excluding ortho intramolecular Hbond substituents is 1. The quantitative estimate of drug-likeness (QED) is 0.322. The van der Waals surface area contributed by atoms with E-state index in [9.17, 15) is 19.5 Å². The summed E-state index contributed by atoms with van der Waals surface area (Å²) in [5.41, 5.74) is -0.589. The zero-order chi connectivity index (χ0) is 34.1. The fourth-order valence-corrected chi connectivity index (χ4v) is 6.50. The Morgan fingerprint density at radius 2 is 1.83 bits per heavy atom. The Labute approximate surface area is 268 Å². The summed E-state index contributed by atoms with van der Waals surface area (Å²) in [7, 11) is 2.86. The molecule has 12 nitrogen and oxygen atoms in total. The van der Waals surface area contributed by atoms with Crippen LogP contribution in [0.3, 0.4) is 0 Å². The van der Waals surface area contributed by atoms with Gasteiger partial charge in [0.25, 0.3) is 11.5 Å². The van der Waals surface area contributed by atoms with E-state index in [1.54, 1.807) is 18.7 Å². The fraction of sp³-hybridized carbons (Fsp3) is 0.333. The molecule has 1 N–H and O–H groups in total. The molecule has 244 valence electrons. The number of likely N-dealkylation sites (N-methyl/N-ethyl adjacent to an activating group) is 1. The predicted octanol–water partition coefficient (Wildman–Crippen LogP) is 3.84. The lowest BCUT2D eigenvalue weighted by atomic mass is 9.98. The third-order valence-electron chi connectivity index (χ3n) is 8.73. The summed E-state index contributed by atoms with van der Waals surface area (Å²) in [6, 6.07) is 3.43. The van der Waals surface area contributed by atoms with E-state index in [-0.39, 0.29) is 59.0 Å². The van der Waals surface area contributed by atoms with E-state index in [1.807, 2.05) is 13.8 Å². The molecule has 1 saturated heterocycles. The van der Waals surface area contributed by atoms with Gasteiger partial charge >= 0.3 is 6.01 Å². The summed E-state index contributed by atoms with van der Waals surface area (Å²) in [5.74, 6) is -3.50. The lowest BCUT2D eigenvalue weighted by molar-refractivity contribution is -0.130. The number of aryl methyl sites for hydroxylation is 1. The van der Waals surface area contributed by atoms with Crippen LogP contribution in [0.2, 0.25) is 0 Å². The van der Waals surface area contributed by atoms with Crippen molar-refractivity contribution in [3.05, 3.63) is 70.3 Å². The summed E-state index contributed by atoms with van der Waals surface area (Å²) in [6.45, 7) is 10.9. The monoisotopic (exact) mass is 645 g/mol. The molecule has 0 spiro atoms. The number of hydrogen-bond donors (Lipinski definition) is 1. The number of benzene rings is 1. The molecular weight excluding hydrogens is 612 g/mol. The number of rotatable bonds is 5. The summed E-state index contributed by atoms with van der Waals surface area (Å²) in [4.78, 5) is 59.3. The zero-order valence-electron chi connectivity index (χ0n) is 26.7. The molecule has 4 aromatic rings. The molecule has 1 unspecified atom stereocenters. The van der Waals surface area contributed by atoms with Gasteiger partial charge in [-0.05, 0) is 44.0 Å². The number of pyridine rings is 2. The highest BCUT2D eigenvalue weighted by atomic mass is 19.1. The standard InChI is InChI=1S/C33H33F2N7O5/c1-8-23(44)40-14-21-31(45)39(6)29-28(41(21)13-16(40)4)18-12-20(35)26(24-19(34)10-9-11-22(24)43)37-30(18)42(32(29)46)27-17(5)36-33(47-7)38-25(27)15(2)3/h8-12,15-16,21,43H,1,13-14H2,2-7H3/t16-,21?/m1/s1. The van der Waals surface area contributed by atoms with Gasteiger partial charge in [-0.25, -0.2) is 13.8 Å². The molecule has 1 aromatic carbocycles. The van der Waals surface area contributed by atoms with Crippen molar-refractivity contribution in [2.24, 2.45) is 0 Å². The number of aromatic nitrogens is 4. The second-order valence-corrected chi connectivity index (χ2v) is 12.0. The minimum absolute atomic E-state index is 0.000764. The van der Waals surface area contributed by atoms with E-state index in [1.165, 1.54) is 46.7 Å². The van der Waals surface area contributed by atoms with Gasteiger partial charge in [0.15, 0.2) is 11.5 Å². The highest BCUT2D eigenvalue weighted by Gasteiger charge is 2.46. The Bertz CT molecular complexity index is 2040. The van der Waals surface area contributed by atoms with Crippen LogP contribution < -0.4 is 20.1 Å². The number of nitrogens with zero attached hydrogens (tertiary/aromatic N) is 7. The number of hydrogen-bond acceptors (Lipinski definition) is 9. The minimum atomic E-state index is -0.971. The average Bonchev–Trinajstić information content (AvgIpc) is 3.03. The lowest BCUT2D eigenvalue weighted by Crippen LogP contribution is -2.66. The lowest BCUT2D eigenvalue weighted by Gasteiger charge is -2.49. The second kappa shape index (κ2) is 11.4. The van der Waals surface area contributed by atoms with Crippen molar-refractivity contribution in [3.63, 3.8) is 0 Å². The fourth-order valence-electron chi connectivity index (χ4n) is 6.50. The first kappa shape index (κ1) is 31.6. The Morgan fingerprint density at radius 3 is 2.47 bits per heavy atom. The molecule has 3 aromatic heterocycles. The Morgan fingerprint density at radius 1 is 1.11 bits per heavy atom. The van der Waals surface area contributed by atoms with Crippen LogP contribution >= 0.6 is 0 Å². The SMILES string of the molecule is C=CC(=O)N1CC2C(=O)N(C)c3c(c4cc(F)c(-c5c(O)cccc5F)nc4n(-c4c(C)nc(OC)nc4C(C)C)c3=O)N2C[C@H]1C. The van der Waals surface area contributed by atoms with E-state index in [2.05, 4.69) is 21.5 Å². The number of halogens is 2. The van der Waals surface area contributed by atoms with Gasteiger partial charge in [-0.1, -0.05) is 26.5 Å². The van der Waals surface area contributed by atoms with Crippen molar-refractivity contribution in [3.8, 4) is 28.7 Å². The Balaban J connectivity index is 1.77. The van der Waals surface area contributed by atoms with Crippen LogP contribution in [0.25, 0.3) is 28.0 Å².